The van der Waals surface area contributed by atoms with E-state index in [2.05, 4.69) is 14.7 Å². The standard InChI is InChI=1S/C23H31Cl2N3O3/c24-18-4-3-16(9-19(18)25)10-22(29)28-8-7-27(11-17-12-30-13-17)21-15-31-14-20(23(21)28)26-5-1-2-6-26/h3-4,9,17,20-21,23H,1-2,5-8,10-15H2/t20-,21+,23+/m0/s1. The van der Waals surface area contributed by atoms with Crippen molar-refractivity contribution < 1.29 is 14.3 Å². The second-order valence-electron chi connectivity index (χ2n) is 9.32. The Balaban J connectivity index is 1.37. The Hall–Kier alpha value is -0.890. The number of carbonyl (C=O) groups is 1. The maximum absolute atomic E-state index is 13.5. The van der Waals surface area contributed by atoms with Gasteiger partial charge in [0.2, 0.25) is 5.91 Å². The topological polar surface area (TPSA) is 45.3 Å². The average Bonchev–Trinajstić information content (AvgIpc) is 3.27. The number of benzene rings is 1. The lowest BCUT2D eigenvalue weighted by atomic mass is 9.90. The summed E-state index contributed by atoms with van der Waals surface area (Å²) in [7, 11) is 0. The third-order valence-electron chi connectivity index (χ3n) is 7.29. The van der Waals surface area contributed by atoms with Gasteiger partial charge in [0.05, 0.1) is 61.0 Å². The van der Waals surface area contributed by atoms with Crippen LogP contribution in [0.5, 0.6) is 0 Å². The summed E-state index contributed by atoms with van der Waals surface area (Å²) in [5.74, 6) is 0.775. The average molecular weight is 468 g/mol. The Morgan fingerprint density at radius 2 is 1.68 bits per heavy atom. The van der Waals surface area contributed by atoms with Gasteiger partial charge < -0.3 is 14.4 Å². The molecule has 1 aromatic rings. The second kappa shape index (κ2) is 9.54. The minimum atomic E-state index is 0.164. The van der Waals surface area contributed by atoms with Crippen LogP contribution in [-0.4, -0.2) is 97.9 Å². The van der Waals surface area contributed by atoms with E-state index in [0.717, 1.165) is 51.5 Å². The summed E-state index contributed by atoms with van der Waals surface area (Å²) in [6, 6.07) is 6.16. The minimum absolute atomic E-state index is 0.164. The van der Waals surface area contributed by atoms with Crippen molar-refractivity contribution in [1.82, 2.24) is 14.7 Å². The summed E-state index contributed by atoms with van der Waals surface area (Å²) in [6.07, 6.45) is 2.81. The van der Waals surface area contributed by atoms with Crippen LogP contribution in [0.15, 0.2) is 18.2 Å². The van der Waals surface area contributed by atoms with Crippen LogP contribution in [0.3, 0.4) is 0 Å². The van der Waals surface area contributed by atoms with Gasteiger partial charge in [0, 0.05) is 25.6 Å². The molecule has 0 unspecified atom stereocenters. The highest BCUT2D eigenvalue weighted by atomic mass is 35.5. The quantitative estimate of drug-likeness (QED) is 0.665. The lowest BCUT2D eigenvalue weighted by Gasteiger charge is -2.55. The van der Waals surface area contributed by atoms with E-state index in [0.29, 0.717) is 35.6 Å². The maximum Gasteiger partial charge on any atom is 0.227 e. The number of amides is 1. The van der Waals surface area contributed by atoms with Crippen LogP contribution >= 0.6 is 23.2 Å². The first kappa shape index (κ1) is 21.9. The van der Waals surface area contributed by atoms with Gasteiger partial charge in [0.15, 0.2) is 0 Å². The molecule has 170 valence electrons. The van der Waals surface area contributed by atoms with Crippen LogP contribution < -0.4 is 0 Å². The van der Waals surface area contributed by atoms with Gasteiger partial charge >= 0.3 is 0 Å². The molecule has 4 aliphatic rings. The van der Waals surface area contributed by atoms with Crippen LogP contribution in [0.4, 0.5) is 0 Å². The number of hydrogen-bond donors (Lipinski definition) is 0. The summed E-state index contributed by atoms with van der Waals surface area (Å²) >= 11 is 12.3. The molecule has 3 atom stereocenters. The first-order valence-corrected chi connectivity index (χ1v) is 12.2. The number of piperazine rings is 1. The van der Waals surface area contributed by atoms with Gasteiger partial charge in [-0.1, -0.05) is 29.3 Å². The Kier molecular flexibility index (Phi) is 6.75. The molecular weight excluding hydrogens is 437 g/mol. The first-order valence-electron chi connectivity index (χ1n) is 11.5. The van der Waals surface area contributed by atoms with E-state index in [1.807, 2.05) is 12.1 Å². The number of fused-ring (bicyclic) bond motifs is 1. The van der Waals surface area contributed by atoms with Gasteiger partial charge in [-0.25, -0.2) is 0 Å². The monoisotopic (exact) mass is 467 g/mol. The zero-order chi connectivity index (χ0) is 21.4. The number of hydrogen-bond acceptors (Lipinski definition) is 5. The fourth-order valence-electron chi connectivity index (χ4n) is 5.61. The third kappa shape index (κ3) is 4.61. The van der Waals surface area contributed by atoms with Gasteiger partial charge in [-0.3, -0.25) is 14.6 Å². The molecule has 1 aromatic carbocycles. The number of rotatable bonds is 5. The molecule has 6 nitrogen and oxygen atoms in total. The molecule has 0 bridgehead atoms. The highest BCUT2D eigenvalue weighted by Crippen LogP contribution is 2.31. The molecule has 4 saturated heterocycles. The molecule has 0 spiro atoms. The summed E-state index contributed by atoms with van der Waals surface area (Å²) in [6.45, 7) is 7.99. The summed E-state index contributed by atoms with van der Waals surface area (Å²) in [5.41, 5.74) is 0.912. The second-order valence-corrected chi connectivity index (χ2v) is 10.1. The number of likely N-dealkylation sites (tertiary alicyclic amines) is 1. The van der Waals surface area contributed by atoms with Crippen LogP contribution in [0, 0.1) is 5.92 Å². The van der Waals surface area contributed by atoms with E-state index in [9.17, 15) is 4.79 Å². The maximum atomic E-state index is 13.5. The summed E-state index contributed by atoms with van der Waals surface area (Å²) < 4.78 is 11.5. The first-order chi connectivity index (χ1) is 15.1. The largest absolute Gasteiger partial charge is 0.381 e. The van der Waals surface area contributed by atoms with Crippen LogP contribution in [0.25, 0.3) is 0 Å². The highest BCUT2D eigenvalue weighted by Gasteiger charge is 2.48. The van der Waals surface area contributed by atoms with E-state index >= 15 is 0 Å². The smallest absolute Gasteiger partial charge is 0.227 e. The van der Waals surface area contributed by atoms with Crippen LogP contribution in [-0.2, 0) is 20.7 Å². The van der Waals surface area contributed by atoms with Crippen molar-refractivity contribution in [2.24, 2.45) is 5.92 Å². The zero-order valence-corrected chi connectivity index (χ0v) is 19.4. The lowest BCUT2D eigenvalue weighted by Crippen LogP contribution is -2.72. The fraction of sp³-hybridized carbons (Fsp3) is 0.696. The van der Waals surface area contributed by atoms with Crippen molar-refractivity contribution >= 4 is 29.1 Å². The molecule has 0 radical (unpaired) electrons. The van der Waals surface area contributed by atoms with Crippen molar-refractivity contribution in [3.63, 3.8) is 0 Å². The number of carbonyl (C=O) groups excluding carboxylic acids is 1. The Morgan fingerprint density at radius 3 is 2.39 bits per heavy atom. The Bertz CT molecular complexity index is 800. The predicted molar refractivity (Wildman–Crippen MR) is 121 cm³/mol. The van der Waals surface area contributed by atoms with Crippen molar-refractivity contribution in [2.45, 2.75) is 37.4 Å². The molecule has 8 heteroatoms. The molecule has 1 amide bonds. The zero-order valence-electron chi connectivity index (χ0n) is 17.8. The molecule has 0 aromatic heterocycles. The van der Waals surface area contributed by atoms with Crippen molar-refractivity contribution in [3.8, 4) is 0 Å². The summed E-state index contributed by atoms with van der Waals surface area (Å²) in [5, 5.41) is 1.02. The number of ether oxygens (including phenoxy) is 2. The van der Waals surface area contributed by atoms with E-state index in [1.165, 1.54) is 12.8 Å². The molecular formula is C23H31Cl2N3O3. The third-order valence-corrected chi connectivity index (χ3v) is 8.03. The molecule has 0 N–H and O–H groups in total. The van der Waals surface area contributed by atoms with Crippen molar-refractivity contribution in [3.05, 3.63) is 33.8 Å². The van der Waals surface area contributed by atoms with Crippen LogP contribution in [0.1, 0.15) is 18.4 Å². The molecule has 4 heterocycles. The molecule has 4 fully saturated rings. The van der Waals surface area contributed by atoms with E-state index < -0.39 is 0 Å². The SMILES string of the molecule is O=C(Cc1ccc(Cl)c(Cl)c1)N1CCN(CC2COC2)[C@@H]2COC[C@H](N3CCCC3)[C@H]21. The van der Waals surface area contributed by atoms with Gasteiger partial charge in [0.25, 0.3) is 0 Å². The predicted octanol–water partition coefficient (Wildman–Crippen LogP) is 2.56. The van der Waals surface area contributed by atoms with Crippen molar-refractivity contribution in [2.75, 3.05) is 59.2 Å². The van der Waals surface area contributed by atoms with E-state index in [4.69, 9.17) is 32.7 Å². The van der Waals surface area contributed by atoms with Gasteiger partial charge in [0.1, 0.15) is 0 Å². The molecule has 0 saturated carbocycles. The lowest BCUT2D eigenvalue weighted by molar-refractivity contribution is -0.156. The summed E-state index contributed by atoms with van der Waals surface area (Å²) in [4.78, 5) is 20.8. The normalized spacial score (nSPS) is 30.3. The number of nitrogens with zero attached hydrogens (tertiary/aromatic N) is 3. The fourth-order valence-corrected chi connectivity index (χ4v) is 5.93. The minimum Gasteiger partial charge on any atom is -0.381 e. The van der Waals surface area contributed by atoms with Crippen LogP contribution in [0.2, 0.25) is 10.0 Å². The Morgan fingerprint density at radius 1 is 0.935 bits per heavy atom. The van der Waals surface area contributed by atoms with Gasteiger partial charge in [-0.15, -0.1) is 0 Å². The highest BCUT2D eigenvalue weighted by molar-refractivity contribution is 6.42. The van der Waals surface area contributed by atoms with Crippen molar-refractivity contribution in [1.29, 1.82) is 0 Å². The molecule has 5 rings (SSSR count). The Labute approximate surface area is 194 Å². The molecule has 4 aliphatic heterocycles. The molecule has 31 heavy (non-hydrogen) atoms. The van der Waals surface area contributed by atoms with E-state index in [-0.39, 0.29) is 24.0 Å². The van der Waals surface area contributed by atoms with E-state index in [1.54, 1.807) is 6.07 Å². The van der Waals surface area contributed by atoms with Gasteiger partial charge in [-0.2, -0.15) is 0 Å². The number of halogens is 2. The van der Waals surface area contributed by atoms with Gasteiger partial charge in [-0.05, 0) is 43.6 Å². The molecule has 0 aliphatic carbocycles.